The van der Waals surface area contributed by atoms with Gasteiger partial charge in [-0.25, -0.2) is 0 Å². The number of ether oxygens (including phenoxy) is 2. The third kappa shape index (κ3) is 4.41. The summed E-state index contributed by atoms with van der Waals surface area (Å²) in [5.41, 5.74) is 3.08. The lowest BCUT2D eigenvalue weighted by Crippen LogP contribution is -2.54. The standard InChI is InChI=1S/C23H27N3O4/c1-16-6-5-7-18(17(16)2)24-22(27)14-25-10-12-26(13-11-25)23(28)21-15-29-19-8-3-4-9-20(19)30-21/h3-9,21H,10-15H2,1-2H3,(H,24,27)/t21-/m0/s1. The fraction of sp³-hybridized carbons (Fsp3) is 0.391. The van der Waals surface area contributed by atoms with Gasteiger partial charge in [0.2, 0.25) is 12.0 Å². The molecule has 1 saturated heterocycles. The van der Waals surface area contributed by atoms with Crippen LogP contribution in [0.4, 0.5) is 5.69 Å². The van der Waals surface area contributed by atoms with Gasteiger partial charge in [-0.1, -0.05) is 24.3 Å². The Morgan fingerprint density at radius 2 is 1.73 bits per heavy atom. The third-order valence-corrected chi connectivity index (χ3v) is 5.71. The fourth-order valence-corrected chi connectivity index (χ4v) is 3.75. The molecule has 4 rings (SSSR count). The summed E-state index contributed by atoms with van der Waals surface area (Å²) < 4.78 is 11.5. The second-order valence-electron chi connectivity index (χ2n) is 7.76. The molecular formula is C23H27N3O4. The van der Waals surface area contributed by atoms with E-state index in [0.29, 0.717) is 44.2 Å². The topological polar surface area (TPSA) is 71.1 Å². The molecule has 2 aromatic rings. The van der Waals surface area contributed by atoms with Crippen LogP contribution >= 0.6 is 0 Å². The molecule has 2 amide bonds. The molecule has 0 unspecified atom stereocenters. The van der Waals surface area contributed by atoms with Crippen molar-refractivity contribution < 1.29 is 19.1 Å². The highest BCUT2D eigenvalue weighted by atomic mass is 16.6. The van der Waals surface area contributed by atoms with Crippen molar-refractivity contribution in [2.24, 2.45) is 0 Å². The van der Waals surface area contributed by atoms with Crippen molar-refractivity contribution in [3.05, 3.63) is 53.6 Å². The fourth-order valence-electron chi connectivity index (χ4n) is 3.75. The normalized spacial score (nSPS) is 18.7. The number of rotatable bonds is 4. The van der Waals surface area contributed by atoms with Crippen LogP contribution in [0.3, 0.4) is 0 Å². The number of carbonyl (C=O) groups is 2. The molecule has 2 aliphatic rings. The van der Waals surface area contributed by atoms with E-state index in [-0.39, 0.29) is 18.4 Å². The van der Waals surface area contributed by atoms with Gasteiger partial charge in [-0.3, -0.25) is 14.5 Å². The average molecular weight is 409 g/mol. The van der Waals surface area contributed by atoms with Gasteiger partial charge in [0.25, 0.3) is 5.91 Å². The van der Waals surface area contributed by atoms with Crippen LogP contribution in [0.15, 0.2) is 42.5 Å². The van der Waals surface area contributed by atoms with Crippen LogP contribution in [0, 0.1) is 13.8 Å². The number of anilines is 1. The number of benzene rings is 2. The van der Waals surface area contributed by atoms with E-state index in [1.165, 1.54) is 0 Å². The summed E-state index contributed by atoms with van der Waals surface area (Å²) in [6, 6.07) is 13.3. The summed E-state index contributed by atoms with van der Waals surface area (Å²) >= 11 is 0. The van der Waals surface area contributed by atoms with E-state index >= 15 is 0 Å². The van der Waals surface area contributed by atoms with Gasteiger partial charge in [0, 0.05) is 31.9 Å². The largest absolute Gasteiger partial charge is 0.485 e. The molecule has 1 fully saturated rings. The monoisotopic (exact) mass is 409 g/mol. The van der Waals surface area contributed by atoms with Crippen LogP contribution < -0.4 is 14.8 Å². The number of para-hydroxylation sites is 2. The van der Waals surface area contributed by atoms with Gasteiger partial charge in [0.15, 0.2) is 11.5 Å². The van der Waals surface area contributed by atoms with E-state index in [2.05, 4.69) is 10.2 Å². The molecule has 30 heavy (non-hydrogen) atoms. The second kappa shape index (κ2) is 8.75. The minimum absolute atomic E-state index is 0.0379. The first-order valence-electron chi connectivity index (χ1n) is 10.3. The molecule has 0 bridgehead atoms. The molecule has 0 spiro atoms. The molecule has 0 aliphatic carbocycles. The van der Waals surface area contributed by atoms with Gasteiger partial charge in [-0.05, 0) is 43.2 Å². The second-order valence-corrected chi connectivity index (χ2v) is 7.76. The van der Waals surface area contributed by atoms with Crippen molar-refractivity contribution >= 4 is 17.5 Å². The molecular weight excluding hydrogens is 382 g/mol. The van der Waals surface area contributed by atoms with E-state index in [9.17, 15) is 9.59 Å². The molecule has 0 saturated carbocycles. The Morgan fingerprint density at radius 3 is 2.50 bits per heavy atom. The first-order chi connectivity index (χ1) is 14.5. The average Bonchev–Trinajstić information content (AvgIpc) is 2.76. The lowest BCUT2D eigenvalue weighted by Gasteiger charge is -2.36. The maximum absolute atomic E-state index is 12.8. The molecule has 1 atom stereocenters. The quantitative estimate of drug-likeness (QED) is 0.839. The van der Waals surface area contributed by atoms with Crippen LogP contribution in [0.25, 0.3) is 0 Å². The van der Waals surface area contributed by atoms with Crippen LogP contribution in [0.5, 0.6) is 11.5 Å². The van der Waals surface area contributed by atoms with E-state index < -0.39 is 6.10 Å². The van der Waals surface area contributed by atoms with Gasteiger partial charge in [0.05, 0.1) is 6.54 Å². The van der Waals surface area contributed by atoms with Crippen LogP contribution in [0.1, 0.15) is 11.1 Å². The zero-order chi connectivity index (χ0) is 21.1. The maximum atomic E-state index is 12.8. The molecule has 7 nitrogen and oxygen atoms in total. The van der Waals surface area contributed by atoms with E-state index in [1.54, 1.807) is 11.0 Å². The number of fused-ring (bicyclic) bond motifs is 1. The molecule has 2 heterocycles. The number of hydrogen-bond acceptors (Lipinski definition) is 5. The summed E-state index contributed by atoms with van der Waals surface area (Å²) in [4.78, 5) is 29.1. The van der Waals surface area contributed by atoms with Gasteiger partial charge in [-0.15, -0.1) is 0 Å². The zero-order valence-corrected chi connectivity index (χ0v) is 17.4. The molecule has 7 heteroatoms. The number of piperazine rings is 1. The smallest absolute Gasteiger partial charge is 0.267 e. The maximum Gasteiger partial charge on any atom is 0.267 e. The highest BCUT2D eigenvalue weighted by Crippen LogP contribution is 2.31. The van der Waals surface area contributed by atoms with E-state index in [4.69, 9.17) is 9.47 Å². The highest BCUT2D eigenvalue weighted by Gasteiger charge is 2.32. The Hall–Kier alpha value is -3.06. The predicted molar refractivity (Wildman–Crippen MR) is 114 cm³/mol. The van der Waals surface area contributed by atoms with Crippen molar-refractivity contribution in [1.29, 1.82) is 0 Å². The lowest BCUT2D eigenvalue weighted by molar-refractivity contribution is -0.143. The highest BCUT2D eigenvalue weighted by molar-refractivity contribution is 5.93. The minimum atomic E-state index is -0.626. The predicted octanol–water partition coefficient (Wildman–Crippen LogP) is 2.23. The zero-order valence-electron chi connectivity index (χ0n) is 17.4. The van der Waals surface area contributed by atoms with Crippen LogP contribution in [-0.4, -0.2) is 67.0 Å². The number of nitrogens with one attached hydrogen (secondary N) is 1. The van der Waals surface area contributed by atoms with Crippen LogP contribution in [0.2, 0.25) is 0 Å². The van der Waals surface area contributed by atoms with E-state index in [0.717, 1.165) is 16.8 Å². The Labute approximate surface area is 176 Å². The Kier molecular flexibility index (Phi) is 5.90. The molecule has 0 radical (unpaired) electrons. The summed E-state index contributed by atoms with van der Waals surface area (Å²) in [6.07, 6.45) is -0.626. The summed E-state index contributed by atoms with van der Waals surface area (Å²) in [7, 11) is 0. The van der Waals surface area contributed by atoms with Crippen molar-refractivity contribution in [2.45, 2.75) is 20.0 Å². The molecule has 158 valence electrons. The molecule has 2 aromatic carbocycles. The summed E-state index contributed by atoms with van der Waals surface area (Å²) in [6.45, 7) is 6.99. The van der Waals surface area contributed by atoms with Crippen molar-refractivity contribution in [1.82, 2.24) is 9.80 Å². The first kappa shape index (κ1) is 20.2. The molecule has 1 N–H and O–H groups in total. The van der Waals surface area contributed by atoms with Gasteiger partial charge in [-0.2, -0.15) is 0 Å². The SMILES string of the molecule is Cc1cccc(NC(=O)CN2CCN(C(=O)[C@@H]3COc4ccccc4O3)CC2)c1C. The van der Waals surface area contributed by atoms with Gasteiger partial charge >= 0.3 is 0 Å². The third-order valence-electron chi connectivity index (χ3n) is 5.71. The van der Waals surface area contributed by atoms with Crippen molar-refractivity contribution in [3.63, 3.8) is 0 Å². The molecule has 2 aliphatic heterocycles. The van der Waals surface area contributed by atoms with Crippen LogP contribution in [-0.2, 0) is 9.59 Å². The van der Waals surface area contributed by atoms with Crippen molar-refractivity contribution in [3.8, 4) is 11.5 Å². The number of nitrogens with zero attached hydrogens (tertiary/aromatic N) is 2. The Balaban J connectivity index is 1.26. The summed E-state index contributed by atoms with van der Waals surface area (Å²) in [5.74, 6) is 1.16. The summed E-state index contributed by atoms with van der Waals surface area (Å²) in [5, 5.41) is 3.00. The number of hydrogen-bond donors (Lipinski definition) is 1. The minimum Gasteiger partial charge on any atom is -0.485 e. The number of amides is 2. The Bertz CT molecular complexity index is 938. The molecule has 0 aromatic heterocycles. The Morgan fingerprint density at radius 1 is 1.00 bits per heavy atom. The van der Waals surface area contributed by atoms with Gasteiger partial charge < -0.3 is 19.7 Å². The van der Waals surface area contributed by atoms with Crippen molar-refractivity contribution in [2.75, 3.05) is 44.6 Å². The first-order valence-corrected chi connectivity index (χ1v) is 10.3. The van der Waals surface area contributed by atoms with Gasteiger partial charge in [0.1, 0.15) is 6.61 Å². The van der Waals surface area contributed by atoms with E-state index in [1.807, 2.05) is 50.2 Å². The number of carbonyl (C=O) groups excluding carboxylic acids is 2. The lowest BCUT2D eigenvalue weighted by atomic mass is 10.1. The number of aryl methyl sites for hydroxylation is 1.